The molecule has 0 fully saturated rings. The monoisotopic (exact) mass is 1040 g/mol. The Labute approximate surface area is 462 Å². The first-order valence-corrected chi connectivity index (χ1v) is 33.3. The predicted molar refractivity (Wildman–Crippen MR) is 324 cm³/mol. The van der Waals surface area contributed by atoms with Crippen LogP contribution in [0.3, 0.4) is 0 Å². The Kier molecular flexibility index (Phi) is 62.0. The number of hydrogen-bond donors (Lipinski definition) is 3. The minimum absolute atomic E-state index is 0.0357. The van der Waals surface area contributed by atoms with Gasteiger partial charge in [-0.25, -0.2) is 0 Å². The summed E-state index contributed by atoms with van der Waals surface area (Å²) in [7, 11) is 0. The molecular formula is C68H129NO5. The Balaban J connectivity index is 3.48. The molecule has 0 bridgehead atoms. The van der Waals surface area contributed by atoms with E-state index in [1.54, 1.807) is 6.08 Å². The lowest BCUT2D eigenvalue weighted by Gasteiger charge is -2.20. The molecule has 0 aliphatic heterocycles. The molecule has 0 aliphatic rings. The van der Waals surface area contributed by atoms with Crippen molar-refractivity contribution in [3.8, 4) is 0 Å². The molecule has 0 aromatic rings. The van der Waals surface area contributed by atoms with Gasteiger partial charge in [0.05, 0.1) is 25.4 Å². The van der Waals surface area contributed by atoms with Crippen molar-refractivity contribution in [2.75, 3.05) is 13.2 Å². The molecule has 2 unspecified atom stereocenters. The zero-order valence-electron chi connectivity index (χ0n) is 49.8. The highest BCUT2D eigenvalue weighted by Gasteiger charge is 2.18. The van der Waals surface area contributed by atoms with Gasteiger partial charge in [-0.05, 0) is 51.4 Å². The number of unbranched alkanes of at least 4 members (excludes halogenated alkanes) is 47. The fraction of sp³-hybridized carbons (Fsp3) is 0.882. The first kappa shape index (κ1) is 72.1. The van der Waals surface area contributed by atoms with Gasteiger partial charge >= 0.3 is 5.97 Å². The molecule has 0 rings (SSSR count). The number of esters is 1. The van der Waals surface area contributed by atoms with Crippen molar-refractivity contribution in [2.24, 2.45) is 0 Å². The number of nitrogens with one attached hydrogen (secondary N) is 1. The Morgan fingerprint density at radius 1 is 0.378 bits per heavy atom. The molecule has 0 saturated heterocycles. The zero-order chi connectivity index (χ0) is 53.6. The fourth-order valence-electron chi connectivity index (χ4n) is 10.4. The van der Waals surface area contributed by atoms with Gasteiger partial charge in [0.1, 0.15) is 0 Å². The van der Waals surface area contributed by atoms with Gasteiger partial charge in [-0.15, -0.1) is 0 Å². The molecule has 0 heterocycles. The van der Waals surface area contributed by atoms with E-state index < -0.39 is 12.1 Å². The Hall–Kier alpha value is -1.92. The Morgan fingerprint density at radius 3 is 1.03 bits per heavy atom. The molecule has 0 spiro atoms. The van der Waals surface area contributed by atoms with Crippen LogP contribution in [0.15, 0.2) is 36.5 Å². The van der Waals surface area contributed by atoms with Gasteiger partial charge in [0.15, 0.2) is 0 Å². The summed E-state index contributed by atoms with van der Waals surface area (Å²) in [4.78, 5) is 24.5. The number of aliphatic hydroxyl groups is 2. The van der Waals surface area contributed by atoms with Crippen LogP contribution in [-0.4, -0.2) is 47.4 Å². The van der Waals surface area contributed by atoms with Gasteiger partial charge < -0.3 is 20.3 Å². The van der Waals surface area contributed by atoms with Crippen molar-refractivity contribution in [2.45, 2.75) is 373 Å². The molecule has 0 radical (unpaired) electrons. The number of amides is 1. The van der Waals surface area contributed by atoms with Crippen LogP contribution in [-0.2, 0) is 14.3 Å². The Morgan fingerprint density at radius 2 is 0.676 bits per heavy atom. The lowest BCUT2D eigenvalue weighted by molar-refractivity contribution is -0.143. The number of allylic oxidation sites excluding steroid dienone is 4. The average Bonchev–Trinajstić information content (AvgIpc) is 3.40. The normalized spacial score (nSPS) is 12.8. The van der Waals surface area contributed by atoms with Crippen LogP contribution >= 0.6 is 0 Å². The van der Waals surface area contributed by atoms with Gasteiger partial charge in [0, 0.05) is 12.8 Å². The topological polar surface area (TPSA) is 95.9 Å². The van der Waals surface area contributed by atoms with Crippen LogP contribution in [0.1, 0.15) is 361 Å². The third-order valence-electron chi connectivity index (χ3n) is 15.4. The first-order valence-electron chi connectivity index (χ1n) is 33.3. The van der Waals surface area contributed by atoms with E-state index in [-0.39, 0.29) is 18.5 Å². The molecule has 6 heteroatoms. The molecule has 1 amide bonds. The van der Waals surface area contributed by atoms with Crippen LogP contribution in [0.4, 0.5) is 0 Å². The van der Waals surface area contributed by atoms with Crippen LogP contribution < -0.4 is 5.32 Å². The van der Waals surface area contributed by atoms with Crippen molar-refractivity contribution >= 4 is 11.9 Å². The van der Waals surface area contributed by atoms with Crippen LogP contribution in [0, 0.1) is 0 Å². The van der Waals surface area contributed by atoms with Crippen molar-refractivity contribution < 1.29 is 24.5 Å². The third-order valence-corrected chi connectivity index (χ3v) is 15.4. The summed E-state index contributed by atoms with van der Waals surface area (Å²) in [6.45, 7) is 4.82. The summed E-state index contributed by atoms with van der Waals surface area (Å²) in [6.07, 6.45) is 80.8. The molecule has 2 atom stereocenters. The standard InChI is InChI=1S/C68H129NO5/c1-3-5-7-9-11-13-15-16-17-18-19-20-21-22-23-25-28-31-34-37-41-44-48-52-56-60-66(71)65(64-70)69-67(72)61-57-53-49-45-42-38-35-32-29-26-24-27-30-33-36-39-43-47-51-55-59-63-74-68(73)62-58-54-50-46-40-14-12-10-8-6-4-2/h39,43,51,55-56,60,65-66,70-71H,3-38,40-42,44-50,52-54,57-59,61-64H2,1-2H3,(H,69,72)/b43-39-,55-51-,60-56+. The van der Waals surface area contributed by atoms with Crippen molar-refractivity contribution in [3.63, 3.8) is 0 Å². The highest BCUT2D eigenvalue weighted by molar-refractivity contribution is 5.76. The van der Waals surface area contributed by atoms with E-state index in [1.165, 1.54) is 283 Å². The van der Waals surface area contributed by atoms with E-state index >= 15 is 0 Å². The van der Waals surface area contributed by atoms with Crippen molar-refractivity contribution in [3.05, 3.63) is 36.5 Å². The predicted octanol–water partition coefficient (Wildman–Crippen LogP) is 21.1. The van der Waals surface area contributed by atoms with Crippen molar-refractivity contribution in [1.82, 2.24) is 5.32 Å². The van der Waals surface area contributed by atoms with Gasteiger partial charge in [0.2, 0.25) is 5.91 Å². The minimum Gasteiger partial charge on any atom is -0.465 e. The maximum atomic E-state index is 12.5. The minimum atomic E-state index is -0.850. The summed E-state index contributed by atoms with van der Waals surface area (Å²) < 4.78 is 5.40. The van der Waals surface area contributed by atoms with E-state index in [0.29, 0.717) is 19.4 Å². The third kappa shape index (κ3) is 59.3. The fourth-order valence-corrected chi connectivity index (χ4v) is 10.4. The SMILES string of the molecule is CCCCCCCCCCCCCCCCCCCCCCCCC/C=C/C(O)C(CO)NC(=O)CCCCCCCCCCCCCCCC/C=C\C/C=C\CCOC(=O)CCCCCCCCCCCCC. The molecule has 6 nitrogen and oxygen atoms in total. The summed E-state index contributed by atoms with van der Waals surface area (Å²) >= 11 is 0. The zero-order valence-corrected chi connectivity index (χ0v) is 49.8. The van der Waals surface area contributed by atoms with E-state index in [0.717, 1.165) is 51.4 Å². The summed E-state index contributed by atoms with van der Waals surface area (Å²) in [6, 6.07) is -0.633. The second-order valence-electron chi connectivity index (χ2n) is 22.8. The largest absolute Gasteiger partial charge is 0.465 e. The van der Waals surface area contributed by atoms with E-state index in [2.05, 4.69) is 43.5 Å². The number of rotatable bonds is 62. The molecule has 3 N–H and O–H groups in total. The molecule has 0 aromatic heterocycles. The van der Waals surface area contributed by atoms with Gasteiger partial charge in [-0.3, -0.25) is 9.59 Å². The van der Waals surface area contributed by atoms with Crippen LogP contribution in [0.5, 0.6) is 0 Å². The number of aliphatic hydroxyl groups excluding tert-OH is 2. The van der Waals surface area contributed by atoms with Gasteiger partial charge in [0.25, 0.3) is 0 Å². The quantitative estimate of drug-likeness (QED) is 0.0320. The Bertz CT molecular complexity index is 1200. The van der Waals surface area contributed by atoms with Crippen LogP contribution in [0.25, 0.3) is 0 Å². The maximum absolute atomic E-state index is 12.5. The van der Waals surface area contributed by atoms with Crippen LogP contribution in [0.2, 0.25) is 0 Å². The number of carbonyl (C=O) groups is 2. The highest BCUT2D eigenvalue weighted by atomic mass is 16.5. The van der Waals surface area contributed by atoms with E-state index in [9.17, 15) is 19.8 Å². The lowest BCUT2D eigenvalue weighted by atomic mass is 10.0. The summed E-state index contributed by atoms with van der Waals surface area (Å²) in [5.74, 6) is -0.105. The molecule has 0 saturated carbocycles. The molecule has 74 heavy (non-hydrogen) atoms. The van der Waals surface area contributed by atoms with E-state index in [1.807, 2.05) is 6.08 Å². The van der Waals surface area contributed by atoms with Gasteiger partial charge in [-0.2, -0.15) is 0 Å². The smallest absolute Gasteiger partial charge is 0.305 e. The maximum Gasteiger partial charge on any atom is 0.305 e. The average molecular weight is 1040 g/mol. The van der Waals surface area contributed by atoms with E-state index in [4.69, 9.17) is 4.74 Å². The molecule has 436 valence electrons. The summed E-state index contributed by atoms with van der Waals surface area (Å²) in [5.41, 5.74) is 0. The molecule has 0 aliphatic carbocycles. The number of carbonyl (C=O) groups excluding carboxylic acids is 2. The number of hydrogen-bond acceptors (Lipinski definition) is 5. The lowest BCUT2D eigenvalue weighted by Crippen LogP contribution is -2.45. The van der Waals surface area contributed by atoms with Crippen molar-refractivity contribution in [1.29, 1.82) is 0 Å². The number of ether oxygens (including phenoxy) is 1. The first-order chi connectivity index (χ1) is 36.5. The second kappa shape index (κ2) is 63.6. The molecular weight excluding hydrogens is 911 g/mol. The highest BCUT2D eigenvalue weighted by Crippen LogP contribution is 2.18. The molecule has 0 aromatic carbocycles. The summed E-state index contributed by atoms with van der Waals surface area (Å²) in [5, 5.41) is 23.3. The second-order valence-corrected chi connectivity index (χ2v) is 22.8. The van der Waals surface area contributed by atoms with Gasteiger partial charge in [-0.1, -0.05) is 333 Å².